The Bertz CT molecular complexity index is 1220. The van der Waals surface area contributed by atoms with Crippen molar-refractivity contribution in [2.24, 2.45) is 0 Å². The Hall–Kier alpha value is -3.35. The van der Waals surface area contributed by atoms with E-state index in [1.807, 2.05) is 12.3 Å². The number of ether oxygens (including phenoxy) is 2. The lowest BCUT2D eigenvalue weighted by atomic mass is 10.1. The number of fused-ring (bicyclic) bond motifs is 1. The minimum absolute atomic E-state index is 0.0217. The van der Waals surface area contributed by atoms with Gasteiger partial charge in [0.1, 0.15) is 11.9 Å². The lowest BCUT2D eigenvalue weighted by Gasteiger charge is -2.31. The minimum Gasteiger partial charge on any atom is -0.489 e. The molecule has 2 fully saturated rings. The Balaban J connectivity index is 1.42. The number of aryl methyl sites for hydroxylation is 1. The molecule has 1 saturated heterocycles. The normalized spacial score (nSPS) is 16.7. The van der Waals surface area contributed by atoms with Crippen LogP contribution in [0.4, 0.5) is 4.79 Å². The predicted octanol–water partition coefficient (Wildman–Crippen LogP) is 4.24. The van der Waals surface area contributed by atoms with Gasteiger partial charge in [0.25, 0.3) is 5.56 Å². The van der Waals surface area contributed by atoms with E-state index in [0.717, 1.165) is 29.5 Å². The van der Waals surface area contributed by atoms with Crippen LogP contribution in [-0.4, -0.2) is 46.8 Å². The number of aromatic nitrogens is 2. The molecule has 33 heavy (non-hydrogen) atoms. The van der Waals surface area contributed by atoms with E-state index in [-0.39, 0.29) is 17.8 Å². The SMILES string of the molecule is COC(=O)N1CCC(Oc2cnc3c(C4CC4)cn(Cc4ccc(C)cc4)c(=O)c3c2)CC1. The Morgan fingerprint density at radius 1 is 1.12 bits per heavy atom. The van der Waals surface area contributed by atoms with Crippen molar-refractivity contribution in [3.8, 4) is 5.75 Å². The lowest BCUT2D eigenvalue weighted by molar-refractivity contribution is 0.0790. The van der Waals surface area contributed by atoms with Crippen LogP contribution < -0.4 is 10.3 Å². The highest BCUT2D eigenvalue weighted by atomic mass is 16.5. The first-order chi connectivity index (χ1) is 16.0. The summed E-state index contributed by atoms with van der Waals surface area (Å²) >= 11 is 0. The Morgan fingerprint density at radius 3 is 2.52 bits per heavy atom. The average Bonchev–Trinajstić information content (AvgIpc) is 3.68. The van der Waals surface area contributed by atoms with E-state index in [1.54, 1.807) is 15.7 Å². The fourth-order valence-electron chi connectivity index (χ4n) is 4.52. The zero-order valence-corrected chi connectivity index (χ0v) is 19.1. The van der Waals surface area contributed by atoms with Crippen LogP contribution in [0, 0.1) is 6.92 Å². The number of pyridine rings is 2. The number of hydrogen-bond donors (Lipinski definition) is 0. The maximum atomic E-state index is 13.4. The summed E-state index contributed by atoms with van der Waals surface area (Å²) in [5, 5.41) is 0.607. The van der Waals surface area contributed by atoms with E-state index >= 15 is 0 Å². The molecule has 0 spiro atoms. The molecule has 3 heterocycles. The minimum atomic E-state index is -0.303. The molecule has 5 rings (SSSR count). The monoisotopic (exact) mass is 447 g/mol. The van der Waals surface area contributed by atoms with Crippen LogP contribution in [0.1, 0.15) is 48.3 Å². The molecule has 1 saturated carbocycles. The van der Waals surface area contributed by atoms with Crippen molar-refractivity contribution in [3.63, 3.8) is 0 Å². The van der Waals surface area contributed by atoms with E-state index in [0.29, 0.717) is 49.5 Å². The van der Waals surface area contributed by atoms with Gasteiger partial charge in [0.05, 0.1) is 30.8 Å². The van der Waals surface area contributed by atoms with Crippen molar-refractivity contribution in [2.45, 2.75) is 51.2 Å². The number of rotatable bonds is 5. The smallest absolute Gasteiger partial charge is 0.409 e. The maximum absolute atomic E-state index is 13.4. The summed E-state index contributed by atoms with van der Waals surface area (Å²) in [5.74, 6) is 1.07. The van der Waals surface area contributed by atoms with Gasteiger partial charge >= 0.3 is 6.09 Å². The molecule has 2 aliphatic rings. The van der Waals surface area contributed by atoms with Crippen molar-refractivity contribution < 1.29 is 14.3 Å². The van der Waals surface area contributed by atoms with Crippen LogP contribution >= 0.6 is 0 Å². The Kier molecular flexibility index (Phi) is 5.79. The molecule has 1 amide bonds. The number of methoxy groups -OCH3 is 1. The lowest BCUT2D eigenvalue weighted by Crippen LogP contribution is -2.41. The van der Waals surface area contributed by atoms with Crippen LogP contribution in [-0.2, 0) is 11.3 Å². The molecular formula is C26H29N3O4. The first-order valence-corrected chi connectivity index (χ1v) is 11.6. The summed E-state index contributed by atoms with van der Waals surface area (Å²) < 4.78 is 12.8. The Labute approximate surface area is 192 Å². The third-order valence-electron chi connectivity index (χ3n) is 6.59. The van der Waals surface area contributed by atoms with Gasteiger partial charge in [0, 0.05) is 32.1 Å². The third kappa shape index (κ3) is 4.58. The summed E-state index contributed by atoms with van der Waals surface area (Å²) in [4.78, 5) is 31.4. The Morgan fingerprint density at radius 2 is 1.85 bits per heavy atom. The number of amides is 1. The summed E-state index contributed by atoms with van der Waals surface area (Å²) in [7, 11) is 1.40. The van der Waals surface area contributed by atoms with Gasteiger partial charge in [-0.1, -0.05) is 29.8 Å². The highest BCUT2D eigenvalue weighted by Crippen LogP contribution is 2.42. The van der Waals surface area contributed by atoms with Crippen molar-refractivity contribution >= 4 is 17.0 Å². The van der Waals surface area contributed by atoms with Crippen LogP contribution in [0.5, 0.6) is 5.75 Å². The second-order valence-electron chi connectivity index (χ2n) is 9.12. The second kappa shape index (κ2) is 8.89. The largest absolute Gasteiger partial charge is 0.489 e. The van der Waals surface area contributed by atoms with Gasteiger partial charge in [0.2, 0.25) is 0 Å². The van der Waals surface area contributed by atoms with Crippen LogP contribution in [0.15, 0.2) is 47.5 Å². The molecule has 1 aromatic carbocycles. The van der Waals surface area contributed by atoms with Crippen molar-refractivity contribution in [3.05, 3.63) is 69.8 Å². The summed E-state index contributed by atoms with van der Waals surface area (Å²) in [5.41, 5.74) is 4.19. The number of benzene rings is 1. The molecule has 0 N–H and O–H groups in total. The number of likely N-dealkylation sites (tertiary alicyclic amines) is 1. The number of hydrogen-bond acceptors (Lipinski definition) is 5. The van der Waals surface area contributed by atoms with Gasteiger partial charge in [-0.3, -0.25) is 9.78 Å². The predicted molar refractivity (Wildman–Crippen MR) is 126 cm³/mol. The van der Waals surface area contributed by atoms with E-state index < -0.39 is 0 Å². The number of carbonyl (C=O) groups excluding carboxylic acids is 1. The zero-order valence-electron chi connectivity index (χ0n) is 19.1. The molecule has 3 aromatic rings. The highest BCUT2D eigenvalue weighted by Gasteiger charge is 2.28. The van der Waals surface area contributed by atoms with Gasteiger partial charge in [-0.05, 0) is 42.9 Å². The topological polar surface area (TPSA) is 73.7 Å². The highest BCUT2D eigenvalue weighted by molar-refractivity contribution is 5.82. The van der Waals surface area contributed by atoms with Gasteiger partial charge in [-0.25, -0.2) is 4.79 Å². The van der Waals surface area contributed by atoms with Crippen LogP contribution in [0.25, 0.3) is 10.9 Å². The van der Waals surface area contributed by atoms with Crippen molar-refractivity contribution in [1.29, 1.82) is 0 Å². The standard InChI is InChI=1S/C26H29N3O4/c1-17-3-5-18(6-4-17)15-29-16-23(19-7-8-19)24-22(25(29)30)13-21(14-27-24)33-20-9-11-28(12-10-20)26(31)32-2/h3-6,13-14,16,19-20H,7-12,15H2,1-2H3. The molecule has 1 aliphatic carbocycles. The molecule has 172 valence electrons. The molecule has 7 heteroatoms. The summed E-state index contributed by atoms with van der Waals surface area (Å²) in [6, 6.07) is 10.1. The third-order valence-corrected chi connectivity index (χ3v) is 6.59. The van der Waals surface area contributed by atoms with Gasteiger partial charge in [-0.2, -0.15) is 0 Å². The van der Waals surface area contributed by atoms with Crippen molar-refractivity contribution in [2.75, 3.05) is 20.2 Å². The molecule has 0 bridgehead atoms. The number of nitrogens with zero attached hydrogens (tertiary/aromatic N) is 3. The molecule has 2 aromatic heterocycles. The molecule has 0 radical (unpaired) electrons. The second-order valence-corrected chi connectivity index (χ2v) is 9.12. The van der Waals surface area contributed by atoms with E-state index in [2.05, 4.69) is 36.2 Å². The zero-order chi connectivity index (χ0) is 22.9. The number of piperidine rings is 1. The molecule has 1 aliphatic heterocycles. The van der Waals surface area contributed by atoms with E-state index in [9.17, 15) is 9.59 Å². The van der Waals surface area contributed by atoms with Gasteiger partial charge < -0.3 is 18.9 Å². The molecule has 7 nitrogen and oxygen atoms in total. The first kappa shape index (κ1) is 21.5. The van der Waals surface area contributed by atoms with E-state index in [1.165, 1.54) is 12.7 Å². The summed E-state index contributed by atoms with van der Waals surface area (Å²) in [6.07, 6.45) is 7.10. The van der Waals surface area contributed by atoms with E-state index in [4.69, 9.17) is 9.47 Å². The van der Waals surface area contributed by atoms with Gasteiger partial charge in [-0.15, -0.1) is 0 Å². The fourth-order valence-corrected chi connectivity index (χ4v) is 4.52. The molecule has 0 atom stereocenters. The molecule has 0 unspecified atom stereocenters. The van der Waals surface area contributed by atoms with Crippen LogP contribution in [0.3, 0.4) is 0 Å². The maximum Gasteiger partial charge on any atom is 0.409 e. The quantitative estimate of drug-likeness (QED) is 0.585. The fraction of sp³-hybridized carbons (Fsp3) is 0.423. The molecular weight excluding hydrogens is 418 g/mol. The van der Waals surface area contributed by atoms with Gasteiger partial charge in [0.15, 0.2) is 0 Å². The van der Waals surface area contributed by atoms with Crippen molar-refractivity contribution in [1.82, 2.24) is 14.5 Å². The first-order valence-electron chi connectivity index (χ1n) is 11.6. The van der Waals surface area contributed by atoms with Crippen LogP contribution in [0.2, 0.25) is 0 Å². The number of carbonyl (C=O) groups is 1. The average molecular weight is 448 g/mol. The summed E-state index contributed by atoms with van der Waals surface area (Å²) in [6.45, 7) is 3.77.